The lowest BCUT2D eigenvalue weighted by atomic mass is 10.4. The number of amides is 1. The molecule has 3 N–H and O–H groups in total. The zero-order valence-corrected chi connectivity index (χ0v) is 7.07. The third-order valence-corrected chi connectivity index (χ3v) is 0.616. The third-order valence-electron chi connectivity index (χ3n) is 0.616. The fourth-order valence-corrected chi connectivity index (χ4v) is 0.343. The second kappa shape index (κ2) is 7.59. The van der Waals surface area contributed by atoms with E-state index in [1.165, 1.54) is 6.08 Å². The van der Waals surface area contributed by atoms with Crippen molar-refractivity contribution < 1.29 is 19.8 Å². The molecule has 0 saturated heterocycles. The zero-order chi connectivity index (χ0) is 10.1. The molecule has 0 aromatic rings. The van der Waals surface area contributed by atoms with Gasteiger partial charge in [-0.25, -0.2) is 4.79 Å². The molecule has 0 aliphatic heterocycles. The first kappa shape index (κ1) is 13.1. The molecule has 0 saturated carbocycles. The summed E-state index contributed by atoms with van der Waals surface area (Å²) in [6.07, 6.45) is -0.569. The van der Waals surface area contributed by atoms with E-state index in [0.29, 0.717) is 0 Å². The molecule has 0 unspecified atom stereocenters. The highest BCUT2D eigenvalue weighted by Crippen LogP contribution is 1.75. The Morgan fingerprint density at radius 1 is 1.42 bits per heavy atom. The molecular formula is C7H13NO4. The SMILES string of the molecule is C=CC(=O)NC(C)C.O=C(O)O. The van der Waals surface area contributed by atoms with E-state index < -0.39 is 6.16 Å². The first-order chi connectivity index (χ1) is 5.40. The highest BCUT2D eigenvalue weighted by atomic mass is 16.6. The number of carbonyl (C=O) groups is 2. The van der Waals surface area contributed by atoms with Gasteiger partial charge in [-0.15, -0.1) is 0 Å². The van der Waals surface area contributed by atoms with Gasteiger partial charge in [0.25, 0.3) is 0 Å². The van der Waals surface area contributed by atoms with E-state index in [2.05, 4.69) is 11.9 Å². The Bertz CT molecular complexity index is 161. The smallest absolute Gasteiger partial charge is 0.450 e. The molecule has 0 bridgehead atoms. The second-order valence-electron chi connectivity index (χ2n) is 2.15. The Labute approximate surface area is 70.7 Å². The van der Waals surface area contributed by atoms with Crippen LogP contribution in [0.4, 0.5) is 4.79 Å². The molecule has 5 nitrogen and oxygen atoms in total. The quantitative estimate of drug-likeness (QED) is 0.544. The molecule has 5 heteroatoms. The van der Waals surface area contributed by atoms with E-state index >= 15 is 0 Å². The van der Waals surface area contributed by atoms with Gasteiger partial charge in [0.15, 0.2) is 0 Å². The Morgan fingerprint density at radius 2 is 1.75 bits per heavy atom. The third kappa shape index (κ3) is 23.6. The van der Waals surface area contributed by atoms with Gasteiger partial charge in [0, 0.05) is 6.04 Å². The van der Waals surface area contributed by atoms with Crippen LogP contribution in [-0.2, 0) is 4.79 Å². The number of nitrogens with one attached hydrogen (secondary N) is 1. The average Bonchev–Trinajstić information content (AvgIpc) is 1.84. The van der Waals surface area contributed by atoms with E-state index in [9.17, 15) is 4.79 Å². The summed E-state index contributed by atoms with van der Waals surface area (Å²) in [5.41, 5.74) is 0. The van der Waals surface area contributed by atoms with E-state index in [4.69, 9.17) is 15.0 Å². The molecular weight excluding hydrogens is 162 g/mol. The molecule has 70 valence electrons. The van der Waals surface area contributed by atoms with E-state index in [-0.39, 0.29) is 11.9 Å². The van der Waals surface area contributed by atoms with E-state index in [1.54, 1.807) is 0 Å². The maximum Gasteiger partial charge on any atom is 0.503 e. The average molecular weight is 175 g/mol. The standard InChI is InChI=1S/C6H11NO.CH2O3/c1-4-6(8)7-5(2)3;2-1(3)4/h4-5H,1H2,2-3H3,(H,7,8);(H2,2,3,4). The molecule has 0 atom stereocenters. The van der Waals surface area contributed by atoms with Gasteiger partial charge < -0.3 is 15.5 Å². The highest BCUT2D eigenvalue weighted by Gasteiger charge is 1.93. The van der Waals surface area contributed by atoms with Crippen LogP contribution in [-0.4, -0.2) is 28.3 Å². The normalized spacial score (nSPS) is 7.92. The van der Waals surface area contributed by atoms with Gasteiger partial charge in [-0.2, -0.15) is 0 Å². The van der Waals surface area contributed by atoms with Crippen LogP contribution in [0.15, 0.2) is 12.7 Å². The summed E-state index contributed by atoms with van der Waals surface area (Å²) in [7, 11) is 0. The molecule has 0 aliphatic carbocycles. The van der Waals surface area contributed by atoms with Crippen molar-refractivity contribution in [2.24, 2.45) is 0 Å². The van der Waals surface area contributed by atoms with Gasteiger partial charge in [0.1, 0.15) is 0 Å². The maximum atomic E-state index is 10.4. The summed E-state index contributed by atoms with van der Waals surface area (Å²) in [5, 5.41) is 16.6. The van der Waals surface area contributed by atoms with Crippen LogP contribution in [0.25, 0.3) is 0 Å². The number of hydrogen-bond donors (Lipinski definition) is 3. The predicted octanol–water partition coefficient (Wildman–Crippen LogP) is 0.919. The monoisotopic (exact) mass is 175 g/mol. The number of carboxylic acid groups (broad SMARTS) is 2. The summed E-state index contributed by atoms with van der Waals surface area (Å²) < 4.78 is 0. The molecule has 0 heterocycles. The van der Waals surface area contributed by atoms with Crippen molar-refractivity contribution in [2.75, 3.05) is 0 Å². The van der Waals surface area contributed by atoms with E-state index in [1.807, 2.05) is 13.8 Å². The molecule has 0 rings (SSSR count). The van der Waals surface area contributed by atoms with Crippen molar-refractivity contribution in [3.8, 4) is 0 Å². The Hall–Kier alpha value is -1.52. The fourth-order valence-electron chi connectivity index (χ4n) is 0.343. The van der Waals surface area contributed by atoms with Gasteiger partial charge in [-0.1, -0.05) is 6.58 Å². The van der Waals surface area contributed by atoms with Gasteiger partial charge in [0.2, 0.25) is 5.91 Å². The van der Waals surface area contributed by atoms with Gasteiger partial charge in [0.05, 0.1) is 0 Å². The molecule has 0 aromatic heterocycles. The molecule has 0 aliphatic rings. The lowest BCUT2D eigenvalue weighted by Gasteiger charge is -2.02. The minimum atomic E-state index is -1.83. The van der Waals surface area contributed by atoms with Crippen molar-refractivity contribution in [3.05, 3.63) is 12.7 Å². The summed E-state index contributed by atoms with van der Waals surface area (Å²) >= 11 is 0. The van der Waals surface area contributed by atoms with E-state index in [0.717, 1.165) is 0 Å². The minimum absolute atomic E-state index is 0.111. The van der Waals surface area contributed by atoms with Crippen LogP contribution < -0.4 is 5.32 Å². The first-order valence-corrected chi connectivity index (χ1v) is 3.25. The molecule has 0 fully saturated rings. The van der Waals surface area contributed by atoms with Crippen LogP contribution in [0.2, 0.25) is 0 Å². The van der Waals surface area contributed by atoms with Crippen molar-refractivity contribution in [2.45, 2.75) is 19.9 Å². The minimum Gasteiger partial charge on any atom is -0.450 e. The number of hydrogen-bond acceptors (Lipinski definition) is 2. The van der Waals surface area contributed by atoms with Crippen LogP contribution in [0.1, 0.15) is 13.8 Å². The highest BCUT2D eigenvalue weighted by molar-refractivity contribution is 5.86. The largest absolute Gasteiger partial charge is 0.503 e. The maximum absolute atomic E-state index is 10.4. The fraction of sp³-hybridized carbons (Fsp3) is 0.429. The Kier molecular flexibility index (Phi) is 8.28. The molecule has 0 aromatic carbocycles. The van der Waals surface area contributed by atoms with Crippen LogP contribution >= 0.6 is 0 Å². The molecule has 1 amide bonds. The summed E-state index contributed by atoms with van der Waals surface area (Å²) in [6.45, 7) is 7.11. The topological polar surface area (TPSA) is 86.6 Å². The van der Waals surface area contributed by atoms with Gasteiger partial charge in [-0.05, 0) is 19.9 Å². The van der Waals surface area contributed by atoms with Crippen molar-refractivity contribution in [1.29, 1.82) is 0 Å². The Morgan fingerprint density at radius 3 is 1.83 bits per heavy atom. The van der Waals surface area contributed by atoms with Crippen LogP contribution in [0.3, 0.4) is 0 Å². The summed E-state index contributed by atoms with van der Waals surface area (Å²) in [6, 6.07) is 0.209. The zero-order valence-electron chi connectivity index (χ0n) is 7.07. The van der Waals surface area contributed by atoms with Crippen molar-refractivity contribution in [3.63, 3.8) is 0 Å². The van der Waals surface area contributed by atoms with Crippen LogP contribution in [0.5, 0.6) is 0 Å². The van der Waals surface area contributed by atoms with Crippen molar-refractivity contribution in [1.82, 2.24) is 5.32 Å². The molecule has 0 spiro atoms. The summed E-state index contributed by atoms with van der Waals surface area (Å²) in [4.78, 5) is 18.9. The number of carbonyl (C=O) groups excluding carboxylic acids is 1. The van der Waals surface area contributed by atoms with Gasteiger partial charge in [-0.3, -0.25) is 4.79 Å². The van der Waals surface area contributed by atoms with Crippen molar-refractivity contribution >= 4 is 12.1 Å². The number of rotatable bonds is 2. The first-order valence-electron chi connectivity index (χ1n) is 3.25. The lowest BCUT2D eigenvalue weighted by Crippen LogP contribution is -2.27. The molecule has 0 radical (unpaired) electrons. The predicted molar refractivity (Wildman–Crippen MR) is 44.1 cm³/mol. The molecule has 12 heavy (non-hydrogen) atoms. The Balaban J connectivity index is 0. The lowest BCUT2D eigenvalue weighted by molar-refractivity contribution is -0.116. The van der Waals surface area contributed by atoms with Crippen LogP contribution in [0, 0.1) is 0 Å². The van der Waals surface area contributed by atoms with Gasteiger partial charge >= 0.3 is 6.16 Å². The summed E-state index contributed by atoms with van der Waals surface area (Å²) in [5.74, 6) is -0.111. The second-order valence-corrected chi connectivity index (χ2v) is 2.15.